The molecule has 3 heteroatoms. The van der Waals surface area contributed by atoms with E-state index in [2.05, 4.69) is 28.4 Å². The van der Waals surface area contributed by atoms with Crippen LogP contribution in [0.4, 0.5) is 0 Å². The summed E-state index contributed by atoms with van der Waals surface area (Å²) in [6.45, 7) is -0.0234. The third-order valence-electron chi connectivity index (χ3n) is 1.21. The maximum atomic E-state index is 10.6. The number of hydrogen-bond donors (Lipinski definition) is 1. The Morgan fingerprint density at radius 1 is 1.50 bits per heavy atom. The molecule has 0 radical (unpaired) electrons. The highest BCUT2D eigenvalue weighted by Gasteiger charge is 1.94. The van der Waals surface area contributed by atoms with E-state index in [1.54, 1.807) is 0 Å². The summed E-state index contributed by atoms with van der Waals surface area (Å²) in [6, 6.07) is 0. The minimum Gasteiger partial charge on any atom is -0.469 e. The Balaban J connectivity index is 3.66. The quantitative estimate of drug-likeness (QED) is 0.523. The van der Waals surface area contributed by atoms with Gasteiger partial charge in [-0.2, -0.15) is 0 Å². The summed E-state index contributed by atoms with van der Waals surface area (Å²) in [5.74, 6) is 10.2. The summed E-state index contributed by atoms with van der Waals surface area (Å²) < 4.78 is 4.43. The van der Waals surface area contributed by atoms with E-state index >= 15 is 0 Å². The van der Waals surface area contributed by atoms with Gasteiger partial charge in [-0.15, -0.1) is 0 Å². The van der Waals surface area contributed by atoms with Gasteiger partial charge in [0.1, 0.15) is 0 Å². The summed E-state index contributed by atoms with van der Waals surface area (Å²) in [5, 5.41) is 8.35. The van der Waals surface area contributed by atoms with Crippen molar-refractivity contribution in [1.29, 1.82) is 0 Å². The Bertz CT molecular complexity index is 307. The van der Waals surface area contributed by atoms with E-state index in [1.165, 1.54) is 19.3 Å². The predicted molar refractivity (Wildman–Crippen MR) is 53.0 cm³/mol. The van der Waals surface area contributed by atoms with Crippen LogP contribution in [0.15, 0.2) is 12.2 Å². The maximum Gasteiger partial charge on any atom is 0.306 e. The van der Waals surface area contributed by atoms with Gasteiger partial charge in [0.2, 0.25) is 0 Å². The summed E-state index contributed by atoms with van der Waals surface area (Å²) in [7, 11) is 1.34. The Morgan fingerprint density at radius 2 is 2.29 bits per heavy atom. The Labute approximate surface area is 83.8 Å². The van der Waals surface area contributed by atoms with Gasteiger partial charge in [-0.1, -0.05) is 17.9 Å². The van der Waals surface area contributed by atoms with Crippen molar-refractivity contribution >= 4 is 5.97 Å². The first-order valence-corrected chi connectivity index (χ1v) is 4.12. The van der Waals surface area contributed by atoms with Crippen LogP contribution in [0.3, 0.4) is 0 Å². The van der Waals surface area contributed by atoms with Gasteiger partial charge in [0.05, 0.1) is 20.1 Å². The van der Waals surface area contributed by atoms with Gasteiger partial charge in [0, 0.05) is 6.42 Å². The molecule has 0 aromatic rings. The summed E-state index contributed by atoms with van der Waals surface area (Å²) >= 11 is 0. The van der Waals surface area contributed by atoms with Gasteiger partial charge >= 0.3 is 5.97 Å². The average Bonchev–Trinajstić information content (AvgIpc) is 2.21. The molecule has 3 nitrogen and oxygen atoms in total. The van der Waals surface area contributed by atoms with Crippen LogP contribution in [-0.4, -0.2) is 24.8 Å². The molecule has 0 atom stereocenters. The van der Waals surface area contributed by atoms with Crippen LogP contribution in [0, 0.1) is 23.7 Å². The van der Waals surface area contributed by atoms with Crippen LogP contribution in [-0.2, 0) is 9.53 Å². The second kappa shape index (κ2) is 9.38. The highest BCUT2D eigenvalue weighted by Crippen LogP contribution is 1.88. The molecule has 0 aromatic heterocycles. The molecule has 1 N–H and O–H groups in total. The topological polar surface area (TPSA) is 46.5 Å². The highest BCUT2D eigenvalue weighted by molar-refractivity contribution is 5.69. The number of methoxy groups -OCH3 is 1. The lowest BCUT2D eigenvalue weighted by Crippen LogP contribution is -1.97. The smallest absolute Gasteiger partial charge is 0.306 e. The first-order valence-electron chi connectivity index (χ1n) is 4.12. The molecule has 0 saturated carbocycles. The number of esters is 1. The lowest BCUT2D eigenvalue weighted by Gasteiger charge is -1.91. The summed E-state index contributed by atoms with van der Waals surface area (Å²) in [5.41, 5.74) is 0. The minimum atomic E-state index is -0.271. The normalized spacial score (nSPS) is 8.43. The average molecular weight is 192 g/mol. The van der Waals surface area contributed by atoms with Gasteiger partial charge < -0.3 is 9.84 Å². The van der Waals surface area contributed by atoms with Crippen molar-refractivity contribution in [3.63, 3.8) is 0 Å². The lowest BCUT2D eigenvalue weighted by atomic mass is 10.3. The molecule has 0 amide bonds. The number of carbonyl (C=O) groups is 1. The minimum absolute atomic E-state index is 0.0234. The molecule has 0 aromatic carbocycles. The van der Waals surface area contributed by atoms with E-state index < -0.39 is 0 Å². The summed E-state index contributed by atoms with van der Waals surface area (Å²) in [4.78, 5) is 10.6. The number of aliphatic hydroxyl groups excluding tert-OH is 1. The molecule has 0 aliphatic rings. The van der Waals surface area contributed by atoms with Gasteiger partial charge in [-0.05, 0) is 17.9 Å². The Hall–Kier alpha value is -1.71. The van der Waals surface area contributed by atoms with Gasteiger partial charge in [-0.3, -0.25) is 4.79 Å². The van der Waals surface area contributed by atoms with Crippen molar-refractivity contribution in [3.05, 3.63) is 12.2 Å². The van der Waals surface area contributed by atoms with Crippen molar-refractivity contribution in [2.75, 3.05) is 13.7 Å². The zero-order valence-corrected chi connectivity index (χ0v) is 8.04. The van der Waals surface area contributed by atoms with E-state index in [-0.39, 0.29) is 19.0 Å². The number of rotatable bonds is 3. The van der Waals surface area contributed by atoms with Crippen LogP contribution < -0.4 is 0 Å². The molecule has 0 spiro atoms. The van der Waals surface area contributed by atoms with Crippen molar-refractivity contribution < 1.29 is 14.6 Å². The van der Waals surface area contributed by atoms with Gasteiger partial charge in [0.15, 0.2) is 0 Å². The molecule has 0 saturated heterocycles. The molecule has 0 fully saturated rings. The monoisotopic (exact) mass is 192 g/mol. The third-order valence-corrected chi connectivity index (χ3v) is 1.21. The van der Waals surface area contributed by atoms with E-state index in [4.69, 9.17) is 5.11 Å². The molecule has 0 aliphatic carbocycles. The number of ether oxygens (including phenoxy) is 1. The fourth-order valence-electron chi connectivity index (χ4n) is 0.563. The van der Waals surface area contributed by atoms with Crippen LogP contribution in [0.25, 0.3) is 0 Å². The molecule has 0 aliphatic heterocycles. The van der Waals surface area contributed by atoms with Crippen LogP contribution in [0.2, 0.25) is 0 Å². The van der Waals surface area contributed by atoms with Gasteiger partial charge in [0.25, 0.3) is 0 Å². The van der Waals surface area contributed by atoms with Crippen LogP contribution in [0.5, 0.6) is 0 Å². The van der Waals surface area contributed by atoms with Crippen molar-refractivity contribution in [2.24, 2.45) is 0 Å². The second-order valence-corrected chi connectivity index (χ2v) is 2.23. The predicted octanol–water partition coefficient (Wildman–Crippen LogP) is 0.495. The molecule has 0 unspecified atom stereocenters. The molecule has 0 heterocycles. The molecule has 74 valence electrons. The maximum absolute atomic E-state index is 10.6. The second-order valence-electron chi connectivity index (χ2n) is 2.23. The number of aliphatic hydroxyl groups is 1. The SMILES string of the molecule is COC(=O)CCC#CC#CC=CCO. The molecule has 0 rings (SSSR count). The molecule has 0 bridgehead atoms. The molecular formula is C11H12O3. The Kier molecular flexibility index (Phi) is 8.23. The van der Waals surface area contributed by atoms with Crippen LogP contribution in [0.1, 0.15) is 12.8 Å². The lowest BCUT2D eigenvalue weighted by molar-refractivity contribution is -0.140. The fourth-order valence-corrected chi connectivity index (χ4v) is 0.563. The largest absolute Gasteiger partial charge is 0.469 e. The Morgan fingerprint density at radius 3 is 2.93 bits per heavy atom. The van der Waals surface area contributed by atoms with Crippen molar-refractivity contribution in [3.8, 4) is 23.7 Å². The summed E-state index contributed by atoms with van der Waals surface area (Å²) in [6.07, 6.45) is 3.78. The standard InChI is InChI=1S/C11H12O3/c1-14-11(13)9-7-5-3-2-4-6-8-10-12/h6,8,12H,7,9-10H2,1H3. The van der Waals surface area contributed by atoms with Gasteiger partial charge in [-0.25, -0.2) is 0 Å². The highest BCUT2D eigenvalue weighted by atomic mass is 16.5. The first-order chi connectivity index (χ1) is 6.81. The fraction of sp³-hybridized carbons (Fsp3) is 0.364. The third kappa shape index (κ3) is 8.39. The zero-order chi connectivity index (χ0) is 10.6. The first kappa shape index (κ1) is 12.3. The van der Waals surface area contributed by atoms with E-state index in [1.807, 2.05) is 0 Å². The number of allylic oxidation sites excluding steroid dienone is 1. The zero-order valence-electron chi connectivity index (χ0n) is 8.04. The van der Waals surface area contributed by atoms with E-state index in [0.29, 0.717) is 6.42 Å². The number of carbonyl (C=O) groups excluding carboxylic acids is 1. The van der Waals surface area contributed by atoms with E-state index in [0.717, 1.165) is 0 Å². The number of hydrogen-bond acceptors (Lipinski definition) is 3. The van der Waals surface area contributed by atoms with Crippen molar-refractivity contribution in [2.45, 2.75) is 12.8 Å². The van der Waals surface area contributed by atoms with E-state index in [9.17, 15) is 4.79 Å². The van der Waals surface area contributed by atoms with Crippen molar-refractivity contribution in [1.82, 2.24) is 0 Å². The molecular weight excluding hydrogens is 180 g/mol. The molecule has 14 heavy (non-hydrogen) atoms. The van der Waals surface area contributed by atoms with Crippen LogP contribution >= 0.6 is 0 Å².